The van der Waals surface area contributed by atoms with Crippen LogP contribution in [0.25, 0.3) is 5.76 Å². The van der Waals surface area contributed by atoms with Gasteiger partial charge < -0.3 is 37.6 Å². The van der Waals surface area contributed by atoms with Crippen molar-refractivity contribution in [2.45, 2.75) is 24.5 Å². The summed E-state index contributed by atoms with van der Waals surface area (Å²) < 4.78 is 14.5. The summed E-state index contributed by atoms with van der Waals surface area (Å²) in [6, 6.07) is -0.677. The molecule has 11 heteroatoms. The summed E-state index contributed by atoms with van der Waals surface area (Å²) in [4.78, 5) is 37.3. The summed E-state index contributed by atoms with van der Waals surface area (Å²) in [6.45, 7) is 0. The number of Topliss-reactive ketones (excluding diaryl/α,β-unsaturated/α-hetero) is 2. The van der Waals surface area contributed by atoms with Crippen LogP contribution in [0.1, 0.15) is 17.5 Å². The molecule has 1 aromatic carbocycles. The number of aliphatic hydroxyl groups is 3. The van der Waals surface area contributed by atoms with E-state index in [2.05, 4.69) is 0 Å². The zero-order valence-electron chi connectivity index (χ0n) is 15.3. The quantitative estimate of drug-likeness (QED) is 0.170. The summed E-state index contributed by atoms with van der Waals surface area (Å²) >= 11 is 0. The van der Waals surface area contributed by atoms with Crippen LogP contribution >= 0.6 is 0 Å². The molecule has 3 aliphatic carbocycles. The maximum atomic E-state index is 14.5. The molecular formula is C19H18FN3O7. The van der Waals surface area contributed by atoms with E-state index < -0.39 is 80.7 Å². The zero-order valence-corrected chi connectivity index (χ0v) is 15.3. The number of hydrogen-bond donors (Lipinski definition) is 7. The second-order valence-corrected chi connectivity index (χ2v) is 7.73. The molecule has 0 saturated heterocycles. The first-order valence-electron chi connectivity index (χ1n) is 8.96. The van der Waals surface area contributed by atoms with Crippen molar-refractivity contribution in [1.82, 2.24) is 0 Å². The van der Waals surface area contributed by atoms with Gasteiger partial charge in [0.1, 0.15) is 28.7 Å². The van der Waals surface area contributed by atoms with Crippen molar-refractivity contribution in [1.29, 1.82) is 0 Å². The predicted molar refractivity (Wildman–Crippen MR) is 99.1 cm³/mol. The Bertz CT molecular complexity index is 1130. The lowest BCUT2D eigenvalue weighted by Gasteiger charge is -2.48. The average Bonchev–Trinajstić information content (AvgIpc) is 2.66. The van der Waals surface area contributed by atoms with Gasteiger partial charge in [-0.25, -0.2) is 4.39 Å². The van der Waals surface area contributed by atoms with Crippen LogP contribution < -0.4 is 17.2 Å². The number of phenols is 1. The molecule has 4 atom stereocenters. The summed E-state index contributed by atoms with van der Waals surface area (Å²) in [7, 11) is 0. The number of aliphatic hydroxyl groups excluding tert-OH is 2. The van der Waals surface area contributed by atoms with Gasteiger partial charge in [0, 0.05) is 23.1 Å². The molecule has 10 nitrogen and oxygen atoms in total. The molecule has 4 rings (SSSR count). The number of hydrogen-bond acceptors (Lipinski definition) is 9. The maximum Gasteiger partial charge on any atom is 0.255 e. The van der Waals surface area contributed by atoms with E-state index in [-0.39, 0.29) is 24.1 Å². The molecule has 1 fully saturated rings. The van der Waals surface area contributed by atoms with Gasteiger partial charge in [0.05, 0.1) is 17.3 Å². The number of amides is 1. The molecule has 0 spiro atoms. The largest absolute Gasteiger partial charge is 0.508 e. The van der Waals surface area contributed by atoms with Crippen LogP contribution in [0.4, 0.5) is 10.1 Å². The molecule has 10 N–H and O–H groups in total. The Balaban J connectivity index is 1.99. The number of primary amides is 1. The summed E-state index contributed by atoms with van der Waals surface area (Å²) in [5.41, 5.74) is 11.4. The Morgan fingerprint density at radius 2 is 1.87 bits per heavy atom. The van der Waals surface area contributed by atoms with Crippen molar-refractivity contribution in [3.05, 3.63) is 39.9 Å². The molecule has 1 aromatic rings. The summed E-state index contributed by atoms with van der Waals surface area (Å²) in [5, 5.41) is 42.5. The molecule has 0 bridgehead atoms. The first-order valence-corrected chi connectivity index (χ1v) is 8.96. The smallest absolute Gasteiger partial charge is 0.255 e. The molecule has 0 heterocycles. The number of anilines is 1. The molecule has 0 aliphatic heterocycles. The van der Waals surface area contributed by atoms with Crippen LogP contribution in [0.5, 0.6) is 5.75 Å². The number of carbonyl (C=O) groups is 3. The molecule has 0 unspecified atom stereocenters. The Kier molecular flexibility index (Phi) is 3.99. The van der Waals surface area contributed by atoms with E-state index in [0.717, 1.165) is 6.07 Å². The van der Waals surface area contributed by atoms with Crippen molar-refractivity contribution < 1.29 is 39.2 Å². The molecule has 1 amide bonds. The molecule has 0 radical (unpaired) electrons. The van der Waals surface area contributed by atoms with Gasteiger partial charge in [-0.2, -0.15) is 0 Å². The minimum Gasteiger partial charge on any atom is -0.508 e. The third-order valence-electron chi connectivity index (χ3n) is 6.23. The first-order chi connectivity index (χ1) is 13.9. The van der Waals surface area contributed by atoms with Crippen molar-refractivity contribution in [3.8, 4) is 5.75 Å². The molecule has 30 heavy (non-hydrogen) atoms. The molecular weight excluding hydrogens is 401 g/mol. The Morgan fingerprint density at radius 3 is 2.47 bits per heavy atom. The van der Waals surface area contributed by atoms with Crippen molar-refractivity contribution in [2.24, 2.45) is 23.3 Å². The number of phenolic OH excluding ortho intramolecular Hbond substituents is 1. The number of ketones is 2. The SMILES string of the molecule is NC(=O)C1=C(O)[C@@]2(O)C(=O)C3=C(O)c4c(O)c(N)cc(F)c4C[C@H]3C[C@H]2[C@H](N)C1=O. The fraction of sp³-hybridized carbons (Fsp3) is 0.316. The monoisotopic (exact) mass is 419 g/mol. The lowest BCUT2D eigenvalue weighted by atomic mass is 9.58. The number of nitrogens with two attached hydrogens (primary N) is 3. The van der Waals surface area contributed by atoms with E-state index in [0.29, 0.717) is 0 Å². The maximum absolute atomic E-state index is 14.5. The minimum absolute atomic E-state index is 0.0977. The Morgan fingerprint density at radius 1 is 1.23 bits per heavy atom. The molecule has 3 aliphatic rings. The minimum atomic E-state index is -2.80. The number of rotatable bonds is 1. The second kappa shape index (κ2) is 6.03. The van der Waals surface area contributed by atoms with E-state index >= 15 is 0 Å². The van der Waals surface area contributed by atoms with Gasteiger partial charge in [-0.1, -0.05) is 0 Å². The third-order valence-corrected chi connectivity index (χ3v) is 6.23. The first kappa shape index (κ1) is 19.9. The van der Waals surface area contributed by atoms with E-state index in [1.54, 1.807) is 0 Å². The lowest BCUT2D eigenvalue weighted by Crippen LogP contribution is -2.65. The van der Waals surface area contributed by atoms with Gasteiger partial charge in [-0.05, 0) is 18.8 Å². The number of nitrogen functional groups attached to an aromatic ring is 1. The average molecular weight is 419 g/mol. The number of fused-ring (bicyclic) bond motifs is 3. The van der Waals surface area contributed by atoms with Gasteiger partial charge in [0.15, 0.2) is 11.4 Å². The predicted octanol–water partition coefficient (Wildman–Crippen LogP) is -0.918. The highest BCUT2D eigenvalue weighted by Gasteiger charge is 2.63. The van der Waals surface area contributed by atoms with Crippen LogP contribution in [-0.2, 0) is 20.8 Å². The molecule has 1 saturated carbocycles. The molecule has 0 aromatic heterocycles. The number of halogens is 1. The standard InChI is InChI=1S/C19H18FN3O7/c20-7-3-8(21)13(24)10-5(7)1-4-2-6-12(22)15(26)11(18(23)29)17(28)19(6,30)16(27)9(4)14(10)25/h3-4,6,12,24-25,28,30H,1-2,21-22H2,(H2,23,29)/t4-,6-,12-,19-/m0/s1. The van der Waals surface area contributed by atoms with E-state index in [4.69, 9.17) is 17.2 Å². The summed E-state index contributed by atoms with van der Waals surface area (Å²) in [5.74, 6) is -9.41. The van der Waals surface area contributed by atoms with E-state index in [9.17, 15) is 39.2 Å². The van der Waals surface area contributed by atoms with Crippen LogP contribution in [0, 0.1) is 17.7 Å². The van der Waals surface area contributed by atoms with Crippen LogP contribution in [0.2, 0.25) is 0 Å². The van der Waals surface area contributed by atoms with Crippen molar-refractivity contribution in [2.75, 3.05) is 5.73 Å². The normalized spacial score (nSPS) is 30.7. The van der Waals surface area contributed by atoms with Gasteiger partial charge in [0.2, 0.25) is 5.78 Å². The van der Waals surface area contributed by atoms with Gasteiger partial charge in [0.25, 0.3) is 5.91 Å². The number of carbonyl (C=O) groups excluding carboxylic acids is 3. The topological polar surface area (TPSA) is 210 Å². The van der Waals surface area contributed by atoms with Crippen LogP contribution in [0.15, 0.2) is 23.0 Å². The van der Waals surface area contributed by atoms with Gasteiger partial charge in [-0.15, -0.1) is 0 Å². The fourth-order valence-electron chi connectivity index (χ4n) is 4.76. The van der Waals surface area contributed by atoms with Crippen LogP contribution in [-0.4, -0.2) is 49.5 Å². The van der Waals surface area contributed by atoms with Gasteiger partial charge >= 0.3 is 0 Å². The van der Waals surface area contributed by atoms with Crippen molar-refractivity contribution >= 4 is 28.9 Å². The van der Waals surface area contributed by atoms with Crippen molar-refractivity contribution in [3.63, 3.8) is 0 Å². The van der Waals surface area contributed by atoms with E-state index in [1.807, 2.05) is 0 Å². The lowest BCUT2D eigenvalue weighted by molar-refractivity contribution is -0.149. The van der Waals surface area contributed by atoms with Crippen LogP contribution in [0.3, 0.4) is 0 Å². The number of benzene rings is 1. The fourth-order valence-corrected chi connectivity index (χ4v) is 4.76. The molecule has 158 valence electrons. The highest BCUT2D eigenvalue weighted by atomic mass is 19.1. The Labute approximate surface area is 168 Å². The van der Waals surface area contributed by atoms with E-state index in [1.165, 1.54) is 0 Å². The third kappa shape index (κ3) is 2.21. The zero-order chi connectivity index (χ0) is 22.3. The highest BCUT2D eigenvalue weighted by molar-refractivity contribution is 6.24. The summed E-state index contributed by atoms with van der Waals surface area (Å²) in [6.07, 6.45) is -0.366. The highest BCUT2D eigenvalue weighted by Crippen LogP contribution is 2.52. The Hall–Kier alpha value is -3.44. The number of aromatic hydroxyl groups is 1. The second-order valence-electron chi connectivity index (χ2n) is 7.73. The van der Waals surface area contributed by atoms with Gasteiger partial charge in [-0.3, -0.25) is 14.4 Å².